The summed E-state index contributed by atoms with van der Waals surface area (Å²) in [7, 11) is 2.05. The molecule has 1 aliphatic rings. The van der Waals surface area contributed by atoms with Crippen LogP contribution in [0.5, 0.6) is 0 Å². The van der Waals surface area contributed by atoms with Crippen molar-refractivity contribution in [3.8, 4) is 6.07 Å². The van der Waals surface area contributed by atoms with Gasteiger partial charge < -0.3 is 15.5 Å². The lowest BCUT2D eigenvalue weighted by atomic mass is 10.2. The first kappa shape index (κ1) is 18.5. The average molecular weight is 384 g/mol. The van der Waals surface area contributed by atoms with Gasteiger partial charge in [-0.15, -0.1) is 11.3 Å². The lowest BCUT2D eigenvalue weighted by Crippen LogP contribution is -2.25. The Morgan fingerprint density at radius 2 is 2.19 bits per heavy atom. The molecular formula is C17H16N6O3S. The lowest BCUT2D eigenvalue weighted by Gasteiger charge is -2.20. The van der Waals surface area contributed by atoms with E-state index >= 15 is 0 Å². The first-order chi connectivity index (χ1) is 13.0. The van der Waals surface area contributed by atoms with Crippen molar-refractivity contribution >= 4 is 33.8 Å². The van der Waals surface area contributed by atoms with Crippen LogP contribution in [0.25, 0.3) is 0 Å². The average Bonchev–Trinajstić information content (AvgIpc) is 3.04. The fourth-order valence-corrected chi connectivity index (χ4v) is 3.59. The van der Waals surface area contributed by atoms with Crippen molar-refractivity contribution in [2.75, 3.05) is 24.2 Å². The van der Waals surface area contributed by atoms with Gasteiger partial charge >= 0.3 is 0 Å². The van der Waals surface area contributed by atoms with E-state index in [0.29, 0.717) is 10.8 Å². The van der Waals surface area contributed by atoms with Gasteiger partial charge in [0.15, 0.2) is 5.13 Å². The van der Waals surface area contributed by atoms with E-state index in [0.717, 1.165) is 25.2 Å². The Morgan fingerprint density at radius 3 is 2.85 bits per heavy atom. The highest BCUT2D eigenvalue weighted by Gasteiger charge is 2.18. The Bertz CT molecular complexity index is 945. The second kappa shape index (κ2) is 7.94. The molecule has 0 saturated heterocycles. The van der Waals surface area contributed by atoms with E-state index in [1.54, 1.807) is 0 Å². The number of aromatic nitrogens is 1. The third-order valence-corrected chi connectivity index (χ3v) is 4.98. The van der Waals surface area contributed by atoms with Gasteiger partial charge in [-0.25, -0.2) is 4.98 Å². The third-order valence-electron chi connectivity index (χ3n) is 3.96. The molecule has 3 rings (SSSR count). The fourth-order valence-electron chi connectivity index (χ4n) is 2.53. The van der Waals surface area contributed by atoms with Gasteiger partial charge in [-0.2, -0.15) is 5.26 Å². The SMILES string of the molecule is CN1CCc2nc(N/C=C(/C#N)C(=O)Nc3ccc([N+](=O)[O-])cc3)sc2C1. The molecule has 0 bridgehead atoms. The number of rotatable bonds is 5. The highest BCUT2D eigenvalue weighted by Crippen LogP contribution is 2.27. The predicted octanol–water partition coefficient (Wildman–Crippen LogP) is 2.50. The molecule has 2 aromatic rings. The summed E-state index contributed by atoms with van der Waals surface area (Å²) < 4.78 is 0. The number of hydrogen-bond acceptors (Lipinski definition) is 8. The van der Waals surface area contributed by atoms with E-state index in [9.17, 15) is 20.2 Å². The summed E-state index contributed by atoms with van der Waals surface area (Å²) in [6.45, 7) is 1.79. The van der Waals surface area contributed by atoms with Crippen LogP contribution in [0.1, 0.15) is 10.6 Å². The molecule has 138 valence electrons. The van der Waals surface area contributed by atoms with Gasteiger partial charge in [0.05, 0.1) is 10.6 Å². The van der Waals surface area contributed by atoms with Crippen LogP contribution in [0.15, 0.2) is 36.0 Å². The Hall–Kier alpha value is -3.29. The van der Waals surface area contributed by atoms with Crippen molar-refractivity contribution in [2.24, 2.45) is 0 Å². The Kier molecular flexibility index (Phi) is 5.44. The quantitative estimate of drug-likeness (QED) is 0.351. The van der Waals surface area contributed by atoms with Gasteiger partial charge in [0.25, 0.3) is 11.6 Å². The number of nitrogens with one attached hydrogen (secondary N) is 2. The number of nitro benzene ring substituents is 1. The summed E-state index contributed by atoms with van der Waals surface area (Å²) in [5.41, 5.74) is 1.20. The number of carbonyl (C=O) groups excluding carboxylic acids is 1. The molecule has 2 N–H and O–H groups in total. The maximum atomic E-state index is 12.2. The van der Waals surface area contributed by atoms with Crippen LogP contribution in [-0.4, -0.2) is 34.3 Å². The van der Waals surface area contributed by atoms with Gasteiger partial charge in [0.1, 0.15) is 11.6 Å². The van der Waals surface area contributed by atoms with E-state index in [1.165, 1.54) is 46.7 Å². The number of non-ortho nitro benzene ring substituents is 1. The van der Waals surface area contributed by atoms with E-state index in [2.05, 4.69) is 20.5 Å². The number of carbonyl (C=O) groups is 1. The minimum atomic E-state index is -0.611. The smallest absolute Gasteiger partial charge is 0.269 e. The summed E-state index contributed by atoms with van der Waals surface area (Å²) in [5.74, 6) is -0.611. The highest BCUT2D eigenvalue weighted by atomic mass is 32.1. The van der Waals surface area contributed by atoms with Crippen LogP contribution in [0.3, 0.4) is 0 Å². The van der Waals surface area contributed by atoms with Crippen LogP contribution >= 0.6 is 11.3 Å². The number of likely N-dealkylation sites (N-methyl/N-ethyl adjacent to an activating group) is 1. The number of fused-ring (bicyclic) bond motifs is 1. The monoisotopic (exact) mass is 384 g/mol. The second-order valence-electron chi connectivity index (χ2n) is 5.95. The molecule has 1 aromatic carbocycles. The summed E-state index contributed by atoms with van der Waals surface area (Å²) in [5, 5.41) is 26.0. The topological polar surface area (TPSA) is 124 Å². The van der Waals surface area contributed by atoms with E-state index < -0.39 is 10.8 Å². The number of thiazole rings is 1. The van der Waals surface area contributed by atoms with Crippen molar-refractivity contribution in [3.05, 3.63) is 56.7 Å². The highest BCUT2D eigenvalue weighted by molar-refractivity contribution is 7.15. The fraction of sp³-hybridized carbons (Fsp3) is 0.235. The minimum Gasteiger partial charge on any atom is -0.337 e. The van der Waals surface area contributed by atoms with Crippen molar-refractivity contribution in [1.29, 1.82) is 5.26 Å². The molecule has 10 heteroatoms. The predicted molar refractivity (Wildman–Crippen MR) is 101 cm³/mol. The van der Waals surface area contributed by atoms with Crippen LogP contribution in [-0.2, 0) is 17.8 Å². The van der Waals surface area contributed by atoms with Crippen LogP contribution in [0.2, 0.25) is 0 Å². The molecule has 0 fully saturated rings. The molecule has 0 spiro atoms. The van der Waals surface area contributed by atoms with Crippen LogP contribution in [0, 0.1) is 21.4 Å². The summed E-state index contributed by atoms with van der Waals surface area (Å²) in [6.07, 6.45) is 2.19. The van der Waals surface area contributed by atoms with Crippen molar-refractivity contribution in [2.45, 2.75) is 13.0 Å². The largest absolute Gasteiger partial charge is 0.337 e. The maximum Gasteiger partial charge on any atom is 0.269 e. The molecule has 1 aliphatic heterocycles. The van der Waals surface area contributed by atoms with E-state index in [4.69, 9.17) is 0 Å². The number of nitriles is 1. The molecular weight excluding hydrogens is 368 g/mol. The number of nitro groups is 1. The summed E-state index contributed by atoms with van der Waals surface area (Å²) in [6, 6.07) is 7.21. The van der Waals surface area contributed by atoms with Crippen LogP contribution < -0.4 is 10.6 Å². The van der Waals surface area contributed by atoms with Gasteiger partial charge in [-0.05, 0) is 19.2 Å². The number of hydrogen-bond donors (Lipinski definition) is 2. The Morgan fingerprint density at radius 1 is 1.44 bits per heavy atom. The Balaban J connectivity index is 1.66. The molecule has 0 radical (unpaired) electrons. The summed E-state index contributed by atoms with van der Waals surface area (Å²) >= 11 is 1.50. The zero-order valence-electron chi connectivity index (χ0n) is 14.4. The number of benzene rings is 1. The third kappa shape index (κ3) is 4.46. The minimum absolute atomic E-state index is 0.0795. The normalized spacial score (nSPS) is 14.1. The van der Waals surface area contributed by atoms with Crippen molar-refractivity contribution in [3.63, 3.8) is 0 Å². The van der Waals surface area contributed by atoms with Gasteiger partial charge in [0, 0.05) is 48.4 Å². The molecule has 1 aromatic heterocycles. The molecule has 27 heavy (non-hydrogen) atoms. The zero-order valence-corrected chi connectivity index (χ0v) is 15.2. The Labute approximate surface area is 159 Å². The van der Waals surface area contributed by atoms with E-state index in [1.807, 2.05) is 13.1 Å². The van der Waals surface area contributed by atoms with Crippen LogP contribution in [0.4, 0.5) is 16.5 Å². The maximum absolute atomic E-state index is 12.2. The van der Waals surface area contributed by atoms with Crippen molar-refractivity contribution < 1.29 is 9.72 Å². The molecule has 0 aliphatic carbocycles. The van der Waals surface area contributed by atoms with Gasteiger partial charge in [-0.3, -0.25) is 14.9 Å². The first-order valence-corrected chi connectivity index (χ1v) is 8.87. The van der Waals surface area contributed by atoms with E-state index in [-0.39, 0.29) is 11.3 Å². The number of anilines is 2. The molecule has 0 atom stereocenters. The zero-order chi connectivity index (χ0) is 19.4. The molecule has 2 heterocycles. The molecule has 0 unspecified atom stereocenters. The lowest BCUT2D eigenvalue weighted by molar-refractivity contribution is -0.384. The van der Waals surface area contributed by atoms with Crippen molar-refractivity contribution in [1.82, 2.24) is 9.88 Å². The summed E-state index contributed by atoms with van der Waals surface area (Å²) in [4.78, 5) is 30.2. The number of amides is 1. The number of nitrogens with zero attached hydrogens (tertiary/aromatic N) is 4. The first-order valence-electron chi connectivity index (χ1n) is 8.06. The molecule has 1 amide bonds. The second-order valence-corrected chi connectivity index (χ2v) is 7.03. The molecule has 9 nitrogen and oxygen atoms in total. The standard InChI is InChI=1S/C17H16N6O3S/c1-22-7-6-14-15(10-22)27-17(21-14)19-9-11(8-18)16(24)20-12-2-4-13(5-3-12)23(25)26/h2-5,9H,6-7,10H2,1H3,(H,19,21)(H,20,24)/b11-9-. The molecule has 0 saturated carbocycles. The van der Waals surface area contributed by atoms with Gasteiger partial charge in [0.2, 0.25) is 0 Å². The van der Waals surface area contributed by atoms with Gasteiger partial charge in [-0.1, -0.05) is 0 Å².